The SMILES string of the molecule is COC1CCN(S(=O)(=O)NCc2ccc3nsnc3c2)CC1. The molecule has 0 bridgehead atoms. The fourth-order valence-corrected chi connectivity index (χ4v) is 4.25. The summed E-state index contributed by atoms with van der Waals surface area (Å²) in [6.07, 6.45) is 1.62. The fourth-order valence-electron chi connectivity index (χ4n) is 2.51. The summed E-state index contributed by atoms with van der Waals surface area (Å²) in [6.45, 7) is 1.23. The highest BCUT2D eigenvalue weighted by atomic mass is 32.2. The number of nitrogens with one attached hydrogen (secondary N) is 1. The standard InChI is InChI=1S/C13H18N4O3S2/c1-20-11-4-6-17(7-5-11)22(18,19)14-9-10-2-3-12-13(8-10)16-21-15-12/h2-3,8,11,14H,4-7,9H2,1H3. The van der Waals surface area contributed by atoms with Crippen molar-refractivity contribution in [2.45, 2.75) is 25.5 Å². The molecule has 7 nitrogen and oxygen atoms in total. The quantitative estimate of drug-likeness (QED) is 0.881. The minimum Gasteiger partial charge on any atom is -0.381 e. The van der Waals surface area contributed by atoms with Gasteiger partial charge in [-0.1, -0.05) is 6.07 Å². The summed E-state index contributed by atoms with van der Waals surface area (Å²) in [6, 6.07) is 5.58. The molecule has 1 aromatic heterocycles. The first-order valence-electron chi connectivity index (χ1n) is 7.07. The van der Waals surface area contributed by atoms with Gasteiger partial charge in [-0.2, -0.15) is 26.2 Å². The Labute approximate surface area is 133 Å². The molecular formula is C13H18N4O3S2. The predicted molar refractivity (Wildman–Crippen MR) is 84.8 cm³/mol. The molecule has 3 rings (SSSR count). The van der Waals surface area contributed by atoms with Crippen LogP contribution in [-0.2, 0) is 21.5 Å². The molecule has 22 heavy (non-hydrogen) atoms. The van der Waals surface area contributed by atoms with E-state index < -0.39 is 10.2 Å². The van der Waals surface area contributed by atoms with Crippen molar-refractivity contribution in [2.75, 3.05) is 20.2 Å². The lowest BCUT2D eigenvalue weighted by atomic mass is 10.1. The van der Waals surface area contributed by atoms with E-state index in [2.05, 4.69) is 13.5 Å². The van der Waals surface area contributed by atoms with E-state index in [9.17, 15) is 8.42 Å². The Bertz CT molecular complexity index is 739. The second kappa shape index (κ2) is 6.55. The Balaban J connectivity index is 1.62. The van der Waals surface area contributed by atoms with Crippen LogP contribution < -0.4 is 4.72 Å². The van der Waals surface area contributed by atoms with Gasteiger partial charge in [-0.15, -0.1) is 0 Å². The van der Waals surface area contributed by atoms with Crippen LogP contribution in [0.3, 0.4) is 0 Å². The highest BCUT2D eigenvalue weighted by Crippen LogP contribution is 2.17. The van der Waals surface area contributed by atoms with E-state index in [0.29, 0.717) is 13.1 Å². The summed E-state index contributed by atoms with van der Waals surface area (Å²) < 4.78 is 42.3. The average molecular weight is 342 g/mol. The van der Waals surface area contributed by atoms with E-state index >= 15 is 0 Å². The molecule has 2 heterocycles. The number of ether oxygens (including phenoxy) is 1. The van der Waals surface area contributed by atoms with Gasteiger partial charge in [0.05, 0.1) is 17.8 Å². The number of hydrogen-bond donors (Lipinski definition) is 1. The molecule has 9 heteroatoms. The number of piperidine rings is 1. The molecule has 0 unspecified atom stereocenters. The number of benzene rings is 1. The lowest BCUT2D eigenvalue weighted by Gasteiger charge is -2.30. The van der Waals surface area contributed by atoms with Crippen LogP contribution in [0.1, 0.15) is 18.4 Å². The monoisotopic (exact) mass is 342 g/mol. The Morgan fingerprint density at radius 3 is 2.77 bits per heavy atom. The largest absolute Gasteiger partial charge is 0.381 e. The Morgan fingerprint density at radius 2 is 2.05 bits per heavy atom. The molecular weight excluding hydrogens is 324 g/mol. The van der Waals surface area contributed by atoms with Gasteiger partial charge in [-0.25, -0.2) is 0 Å². The maximum atomic E-state index is 12.3. The number of nitrogens with zero attached hydrogens (tertiary/aromatic N) is 3. The van der Waals surface area contributed by atoms with E-state index in [4.69, 9.17) is 4.74 Å². The van der Waals surface area contributed by atoms with Crippen LogP contribution in [0, 0.1) is 0 Å². The molecule has 1 aliphatic heterocycles. The average Bonchev–Trinajstić information content (AvgIpc) is 3.01. The first-order valence-corrected chi connectivity index (χ1v) is 9.24. The van der Waals surface area contributed by atoms with Crippen LogP contribution in [0.5, 0.6) is 0 Å². The van der Waals surface area contributed by atoms with Crippen molar-refractivity contribution in [1.82, 2.24) is 17.8 Å². The van der Waals surface area contributed by atoms with Gasteiger partial charge in [-0.3, -0.25) is 0 Å². The third-order valence-electron chi connectivity index (χ3n) is 3.85. The highest BCUT2D eigenvalue weighted by Gasteiger charge is 2.27. The molecule has 1 aromatic carbocycles. The van der Waals surface area contributed by atoms with E-state index in [1.54, 1.807) is 7.11 Å². The third-order valence-corrected chi connectivity index (χ3v) is 5.96. The first-order chi connectivity index (χ1) is 10.6. The minimum absolute atomic E-state index is 0.158. The van der Waals surface area contributed by atoms with Crippen molar-refractivity contribution in [2.24, 2.45) is 0 Å². The zero-order valence-corrected chi connectivity index (χ0v) is 13.9. The van der Waals surface area contributed by atoms with E-state index in [0.717, 1.165) is 41.2 Å². The molecule has 0 aliphatic carbocycles. The summed E-state index contributed by atoms with van der Waals surface area (Å²) >= 11 is 1.15. The van der Waals surface area contributed by atoms with Gasteiger partial charge >= 0.3 is 0 Å². The van der Waals surface area contributed by atoms with Crippen molar-refractivity contribution < 1.29 is 13.2 Å². The molecule has 120 valence electrons. The molecule has 2 aromatic rings. The Morgan fingerprint density at radius 1 is 1.32 bits per heavy atom. The summed E-state index contributed by atoms with van der Waals surface area (Å²) in [5.41, 5.74) is 2.50. The Hall–Kier alpha value is -1.13. The zero-order valence-electron chi connectivity index (χ0n) is 12.2. The zero-order chi connectivity index (χ0) is 15.6. The van der Waals surface area contributed by atoms with E-state index in [1.807, 2.05) is 18.2 Å². The maximum Gasteiger partial charge on any atom is 0.279 e. The van der Waals surface area contributed by atoms with Crippen LogP contribution in [0.15, 0.2) is 18.2 Å². The van der Waals surface area contributed by atoms with Crippen LogP contribution in [0.2, 0.25) is 0 Å². The van der Waals surface area contributed by atoms with Gasteiger partial charge in [-0.05, 0) is 30.5 Å². The Kier molecular flexibility index (Phi) is 4.69. The summed E-state index contributed by atoms with van der Waals surface area (Å²) in [7, 11) is -1.80. The number of fused-ring (bicyclic) bond motifs is 1. The van der Waals surface area contributed by atoms with Crippen molar-refractivity contribution in [3.05, 3.63) is 23.8 Å². The van der Waals surface area contributed by atoms with Crippen LogP contribution in [0.25, 0.3) is 11.0 Å². The van der Waals surface area contributed by atoms with Crippen LogP contribution >= 0.6 is 11.7 Å². The van der Waals surface area contributed by atoms with Crippen LogP contribution in [-0.4, -0.2) is 47.8 Å². The third kappa shape index (κ3) is 3.44. The fraction of sp³-hybridized carbons (Fsp3) is 0.538. The number of methoxy groups -OCH3 is 1. The van der Waals surface area contributed by atoms with Crippen molar-refractivity contribution >= 4 is 33.0 Å². The smallest absolute Gasteiger partial charge is 0.279 e. The lowest BCUT2D eigenvalue weighted by molar-refractivity contribution is 0.0602. The first kappa shape index (κ1) is 15.8. The summed E-state index contributed by atoms with van der Waals surface area (Å²) in [4.78, 5) is 0. The van der Waals surface area contributed by atoms with Crippen molar-refractivity contribution in [1.29, 1.82) is 0 Å². The summed E-state index contributed by atoms with van der Waals surface area (Å²) in [5, 5.41) is 0. The molecule has 1 N–H and O–H groups in total. The molecule has 1 aliphatic rings. The molecule has 0 saturated carbocycles. The van der Waals surface area contributed by atoms with E-state index in [1.165, 1.54) is 4.31 Å². The van der Waals surface area contributed by atoms with Gasteiger partial charge in [0.15, 0.2) is 0 Å². The minimum atomic E-state index is -3.46. The van der Waals surface area contributed by atoms with E-state index in [-0.39, 0.29) is 12.6 Å². The van der Waals surface area contributed by atoms with Gasteiger partial charge in [0, 0.05) is 26.7 Å². The second-order valence-electron chi connectivity index (χ2n) is 5.25. The number of aromatic nitrogens is 2. The number of hydrogen-bond acceptors (Lipinski definition) is 6. The van der Waals surface area contributed by atoms with Gasteiger partial charge < -0.3 is 4.74 Å². The second-order valence-corrected chi connectivity index (χ2v) is 7.53. The van der Waals surface area contributed by atoms with Crippen molar-refractivity contribution in [3.8, 4) is 0 Å². The van der Waals surface area contributed by atoms with Gasteiger partial charge in [0.1, 0.15) is 11.0 Å². The van der Waals surface area contributed by atoms with Gasteiger partial charge in [0.2, 0.25) is 0 Å². The topological polar surface area (TPSA) is 84.4 Å². The molecule has 0 radical (unpaired) electrons. The van der Waals surface area contributed by atoms with Gasteiger partial charge in [0.25, 0.3) is 10.2 Å². The molecule has 0 spiro atoms. The molecule has 1 saturated heterocycles. The molecule has 1 fully saturated rings. The molecule has 0 atom stereocenters. The highest BCUT2D eigenvalue weighted by molar-refractivity contribution is 7.87. The normalized spacial score (nSPS) is 18.0. The summed E-state index contributed by atoms with van der Waals surface area (Å²) in [5.74, 6) is 0. The van der Waals surface area contributed by atoms with Crippen molar-refractivity contribution in [3.63, 3.8) is 0 Å². The lowest BCUT2D eigenvalue weighted by Crippen LogP contribution is -2.46. The molecule has 0 amide bonds. The maximum absolute atomic E-state index is 12.3. The van der Waals surface area contributed by atoms with Crippen LogP contribution in [0.4, 0.5) is 0 Å². The number of rotatable bonds is 5. The predicted octanol–water partition coefficient (Wildman–Crippen LogP) is 1.14.